The van der Waals surface area contributed by atoms with Crippen LogP contribution in [0.1, 0.15) is 59.8 Å². The van der Waals surface area contributed by atoms with Crippen molar-refractivity contribution in [3.05, 3.63) is 48.9 Å². The van der Waals surface area contributed by atoms with Crippen LogP contribution in [0.15, 0.2) is 43.1 Å². The SMILES string of the molecule is C=CCC(NC(=O)OC(C)(C)C)c1nc(-c2ccccc2P)cn1C(=O)OC(C)(C)C. The van der Waals surface area contributed by atoms with Crippen molar-refractivity contribution in [2.75, 3.05) is 0 Å². The lowest BCUT2D eigenvalue weighted by Gasteiger charge is -2.24. The summed E-state index contributed by atoms with van der Waals surface area (Å²) < 4.78 is 12.3. The van der Waals surface area contributed by atoms with Crippen molar-refractivity contribution in [3.8, 4) is 11.3 Å². The molecule has 1 amide bonds. The van der Waals surface area contributed by atoms with E-state index in [9.17, 15) is 9.59 Å². The van der Waals surface area contributed by atoms with Crippen LogP contribution in [0.4, 0.5) is 9.59 Å². The van der Waals surface area contributed by atoms with Gasteiger partial charge < -0.3 is 14.8 Å². The van der Waals surface area contributed by atoms with Crippen molar-refractivity contribution < 1.29 is 19.1 Å². The molecule has 0 bridgehead atoms. The third kappa shape index (κ3) is 7.21. The average Bonchev–Trinajstić information content (AvgIpc) is 3.04. The first-order chi connectivity index (χ1) is 14.3. The van der Waals surface area contributed by atoms with E-state index in [2.05, 4.69) is 21.1 Å². The second-order valence-corrected chi connectivity index (χ2v) is 9.77. The zero-order valence-electron chi connectivity index (χ0n) is 19.1. The van der Waals surface area contributed by atoms with Gasteiger partial charge in [-0.3, -0.25) is 0 Å². The molecule has 2 atom stereocenters. The molecule has 0 aliphatic rings. The number of amides is 1. The van der Waals surface area contributed by atoms with Crippen molar-refractivity contribution >= 4 is 26.7 Å². The molecule has 1 aromatic heterocycles. The normalized spacial score (nSPS) is 12.7. The van der Waals surface area contributed by atoms with Crippen LogP contribution in [-0.4, -0.2) is 32.9 Å². The minimum Gasteiger partial charge on any atom is -0.444 e. The molecule has 0 saturated heterocycles. The topological polar surface area (TPSA) is 82.5 Å². The number of nitrogens with zero attached hydrogens (tertiary/aromatic N) is 2. The zero-order chi connectivity index (χ0) is 23.4. The molecule has 0 saturated carbocycles. The Morgan fingerprint density at radius 1 is 1.16 bits per heavy atom. The van der Waals surface area contributed by atoms with Gasteiger partial charge in [-0.25, -0.2) is 19.1 Å². The Hall–Kier alpha value is -2.66. The van der Waals surface area contributed by atoms with Gasteiger partial charge in [-0.2, -0.15) is 0 Å². The van der Waals surface area contributed by atoms with Crippen LogP contribution in [0.5, 0.6) is 0 Å². The average molecular weight is 446 g/mol. The molecule has 2 rings (SSSR count). The van der Waals surface area contributed by atoms with E-state index in [4.69, 9.17) is 14.5 Å². The molecule has 0 radical (unpaired) electrons. The third-order valence-corrected chi connectivity index (χ3v) is 4.47. The van der Waals surface area contributed by atoms with E-state index in [1.165, 1.54) is 4.57 Å². The first kappa shape index (κ1) is 24.6. The van der Waals surface area contributed by atoms with E-state index in [-0.39, 0.29) is 0 Å². The number of benzene rings is 1. The highest BCUT2D eigenvalue weighted by Crippen LogP contribution is 2.25. The van der Waals surface area contributed by atoms with E-state index >= 15 is 0 Å². The van der Waals surface area contributed by atoms with Gasteiger partial charge in [0, 0.05) is 11.8 Å². The lowest BCUT2D eigenvalue weighted by atomic mass is 10.1. The van der Waals surface area contributed by atoms with E-state index in [0.29, 0.717) is 17.9 Å². The summed E-state index contributed by atoms with van der Waals surface area (Å²) >= 11 is 0. The monoisotopic (exact) mass is 445 g/mol. The number of rotatable bonds is 5. The quantitative estimate of drug-likeness (QED) is 0.519. The Morgan fingerprint density at radius 2 is 1.77 bits per heavy atom. The second-order valence-electron chi connectivity index (χ2n) is 9.15. The molecule has 0 spiro atoms. The lowest BCUT2D eigenvalue weighted by molar-refractivity contribution is 0.0473. The minimum atomic E-state index is -0.691. The molecule has 1 aromatic carbocycles. The van der Waals surface area contributed by atoms with E-state index < -0.39 is 29.4 Å². The van der Waals surface area contributed by atoms with Crippen LogP contribution in [0, 0.1) is 0 Å². The molecule has 31 heavy (non-hydrogen) atoms. The molecular formula is C23H32N3O4P. The zero-order valence-corrected chi connectivity index (χ0v) is 20.2. The number of imidazole rings is 1. The summed E-state index contributed by atoms with van der Waals surface area (Å²) in [4.78, 5) is 30.1. The van der Waals surface area contributed by atoms with Crippen LogP contribution < -0.4 is 10.6 Å². The molecule has 1 N–H and O–H groups in total. The highest BCUT2D eigenvalue weighted by Gasteiger charge is 2.28. The number of hydrogen-bond acceptors (Lipinski definition) is 5. The first-order valence-electron chi connectivity index (χ1n) is 10.1. The van der Waals surface area contributed by atoms with Crippen LogP contribution >= 0.6 is 9.24 Å². The minimum absolute atomic E-state index is 0.336. The molecular weight excluding hydrogens is 413 g/mol. The van der Waals surface area contributed by atoms with Gasteiger partial charge in [0.2, 0.25) is 0 Å². The number of nitrogens with one attached hydrogen (secondary N) is 1. The number of ether oxygens (including phenoxy) is 2. The van der Waals surface area contributed by atoms with Crippen molar-refractivity contribution in [1.29, 1.82) is 0 Å². The molecule has 0 fully saturated rings. The lowest BCUT2D eigenvalue weighted by Crippen LogP contribution is -2.37. The molecule has 168 valence electrons. The van der Waals surface area contributed by atoms with Crippen LogP contribution in [-0.2, 0) is 9.47 Å². The molecule has 7 nitrogen and oxygen atoms in total. The highest BCUT2D eigenvalue weighted by molar-refractivity contribution is 7.28. The Morgan fingerprint density at radius 3 is 2.32 bits per heavy atom. The summed E-state index contributed by atoms with van der Waals surface area (Å²) in [5.74, 6) is 0.336. The Labute approximate surface area is 186 Å². The van der Waals surface area contributed by atoms with Gasteiger partial charge in [0.1, 0.15) is 17.0 Å². The van der Waals surface area contributed by atoms with Gasteiger partial charge >= 0.3 is 12.2 Å². The molecule has 1 heterocycles. The number of carbonyl (C=O) groups excluding carboxylic acids is 2. The largest absolute Gasteiger partial charge is 0.444 e. The standard InChI is InChI=1S/C23H32N3O4P/c1-8-11-16(25-20(27)29-22(2,3)4)19-24-17(15-12-9-10-13-18(15)31)14-26(19)21(28)30-23(5,6)7/h8-10,12-14,16H,1,11,31H2,2-7H3,(H,25,27). The van der Waals surface area contributed by atoms with Crippen molar-refractivity contribution in [1.82, 2.24) is 14.9 Å². The molecule has 2 unspecified atom stereocenters. The van der Waals surface area contributed by atoms with Gasteiger partial charge in [-0.15, -0.1) is 15.8 Å². The number of hydrogen-bond donors (Lipinski definition) is 1. The smallest absolute Gasteiger partial charge is 0.420 e. The number of aromatic nitrogens is 2. The molecule has 0 aliphatic carbocycles. The van der Waals surface area contributed by atoms with Gasteiger partial charge in [0.25, 0.3) is 0 Å². The van der Waals surface area contributed by atoms with Gasteiger partial charge in [-0.1, -0.05) is 30.3 Å². The first-order valence-corrected chi connectivity index (χ1v) is 10.7. The predicted molar refractivity (Wildman–Crippen MR) is 126 cm³/mol. The Bertz CT molecular complexity index is 954. The summed E-state index contributed by atoms with van der Waals surface area (Å²) in [6.07, 6.45) is 2.44. The maximum Gasteiger partial charge on any atom is 0.420 e. The second kappa shape index (κ2) is 9.65. The summed E-state index contributed by atoms with van der Waals surface area (Å²) in [5.41, 5.74) is 0.0914. The van der Waals surface area contributed by atoms with Gasteiger partial charge in [0.15, 0.2) is 0 Å². The summed E-state index contributed by atoms with van der Waals surface area (Å²) in [7, 11) is 2.66. The van der Waals surface area contributed by atoms with E-state index in [0.717, 1.165) is 10.9 Å². The van der Waals surface area contributed by atoms with Gasteiger partial charge in [-0.05, 0) is 53.3 Å². The van der Waals surface area contributed by atoms with Crippen molar-refractivity contribution in [3.63, 3.8) is 0 Å². The molecule has 2 aromatic rings. The van der Waals surface area contributed by atoms with Crippen LogP contribution in [0.3, 0.4) is 0 Å². The fourth-order valence-electron chi connectivity index (χ4n) is 2.80. The summed E-state index contributed by atoms with van der Waals surface area (Å²) in [5, 5.41) is 3.73. The van der Waals surface area contributed by atoms with E-state index in [1.807, 2.05) is 24.3 Å². The highest BCUT2D eigenvalue weighted by atomic mass is 31.0. The summed E-state index contributed by atoms with van der Waals surface area (Å²) in [6, 6.07) is 7.03. The van der Waals surface area contributed by atoms with Gasteiger partial charge in [0.05, 0.1) is 11.7 Å². The number of alkyl carbamates (subject to hydrolysis) is 1. The molecule has 0 aliphatic heterocycles. The number of carbonyl (C=O) groups is 2. The Kier molecular flexibility index (Phi) is 7.66. The van der Waals surface area contributed by atoms with E-state index in [1.54, 1.807) is 53.8 Å². The Balaban J connectivity index is 2.52. The fourth-order valence-corrected chi connectivity index (χ4v) is 3.16. The maximum absolute atomic E-state index is 13.0. The van der Waals surface area contributed by atoms with Crippen molar-refractivity contribution in [2.24, 2.45) is 0 Å². The summed E-state index contributed by atoms with van der Waals surface area (Å²) in [6.45, 7) is 14.5. The van der Waals surface area contributed by atoms with Crippen LogP contribution in [0.25, 0.3) is 11.3 Å². The van der Waals surface area contributed by atoms with Crippen LogP contribution in [0.2, 0.25) is 0 Å². The van der Waals surface area contributed by atoms with Crippen molar-refractivity contribution in [2.45, 2.75) is 65.2 Å². The third-order valence-electron chi connectivity index (χ3n) is 3.97. The predicted octanol–water partition coefficient (Wildman–Crippen LogP) is 4.98. The fraction of sp³-hybridized carbons (Fsp3) is 0.435. The maximum atomic E-state index is 13.0. The molecule has 8 heteroatoms.